The maximum Gasteiger partial charge on any atom is 0.294 e. The molecule has 0 unspecified atom stereocenters. The van der Waals surface area contributed by atoms with Crippen molar-refractivity contribution in [3.05, 3.63) is 112 Å². The number of nitrogens with one attached hydrogen (secondary N) is 1. The van der Waals surface area contributed by atoms with Crippen LogP contribution in [0.25, 0.3) is 16.8 Å². The predicted molar refractivity (Wildman–Crippen MR) is 152 cm³/mol. The number of fused-ring (bicyclic) bond motifs is 1. The van der Waals surface area contributed by atoms with Gasteiger partial charge >= 0.3 is 0 Å². The first-order chi connectivity index (χ1) is 18.4. The lowest BCUT2D eigenvalue weighted by molar-refractivity contribution is -0.127. The van der Waals surface area contributed by atoms with Crippen LogP contribution in [0.1, 0.15) is 22.3 Å². The quantitative estimate of drug-likeness (QED) is 0.273. The van der Waals surface area contributed by atoms with E-state index in [9.17, 15) is 14.4 Å². The largest absolute Gasteiger partial charge is 0.488 e. The summed E-state index contributed by atoms with van der Waals surface area (Å²) in [6.45, 7) is 3.82. The first kappa shape index (κ1) is 25.3. The highest BCUT2D eigenvalue weighted by molar-refractivity contribution is 8.18. The zero-order valence-electron chi connectivity index (χ0n) is 21.1. The molecular formula is C31H26N2O4S. The number of thioether (sulfide) groups is 1. The average Bonchev–Trinajstić information content (AvgIpc) is 3.18. The van der Waals surface area contributed by atoms with Crippen molar-refractivity contribution in [2.45, 2.75) is 20.5 Å². The number of amides is 3. The summed E-state index contributed by atoms with van der Waals surface area (Å²) in [6, 6.07) is 27.2. The van der Waals surface area contributed by atoms with E-state index in [1.165, 1.54) is 0 Å². The van der Waals surface area contributed by atoms with Gasteiger partial charge in [0.25, 0.3) is 11.1 Å². The predicted octanol–water partition coefficient (Wildman–Crippen LogP) is 6.71. The van der Waals surface area contributed by atoms with Gasteiger partial charge in [0.2, 0.25) is 5.91 Å². The van der Waals surface area contributed by atoms with E-state index in [4.69, 9.17) is 4.74 Å². The van der Waals surface area contributed by atoms with Crippen LogP contribution in [-0.4, -0.2) is 28.5 Å². The van der Waals surface area contributed by atoms with E-state index in [1.54, 1.807) is 6.08 Å². The molecule has 1 heterocycles. The van der Waals surface area contributed by atoms with Crippen molar-refractivity contribution in [3.8, 4) is 5.75 Å². The van der Waals surface area contributed by atoms with Crippen molar-refractivity contribution in [3.63, 3.8) is 0 Å². The second kappa shape index (κ2) is 10.9. The van der Waals surface area contributed by atoms with Gasteiger partial charge in [0, 0.05) is 11.3 Å². The van der Waals surface area contributed by atoms with Gasteiger partial charge in [0.05, 0.1) is 4.91 Å². The normalized spacial score (nSPS) is 14.4. The summed E-state index contributed by atoms with van der Waals surface area (Å²) in [4.78, 5) is 40.0. The third-order valence-corrected chi connectivity index (χ3v) is 7.19. The Morgan fingerprint density at radius 1 is 0.947 bits per heavy atom. The molecule has 5 rings (SSSR count). The highest BCUT2D eigenvalue weighted by Gasteiger charge is 2.36. The number of imide groups is 1. The lowest BCUT2D eigenvalue weighted by Gasteiger charge is -2.14. The molecule has 1 aliphatic rings. The second-order valence-corrected chi connectivity index (χ2v) is 10.1. The van der Waals surface area contributed by atoms with Gasteiger partial charge in [-0.15, -0.1) is 0 Å². The number of hydrogen-bond donors (Lipinski definition) is 1. The Morgan fingerprint density at radius 2 is 1.71 bits per heavy atom. The molecule has 1 aliphatic heterocycles. The summed E-state index contributed by atoms with van der Waals surface area (Å²) in [6.07, 6.45) is 1.69. The van der Waals surface area contributed by atoms with Crippen LogP contribution in [0.2, 0.25) is 0 Å². The Bertz CT molecular complexity index is 1580. The molecule has 38 heavy (non-hydrogen) atoms. The summed E-state index contributed by atoms with van der Waals surface area (Å²) in [7, 11) is 0. The van der Waals surface area contributed by atoms with Gasteiger partial charge in [-0.2, -0.15) is 0 Å². The summed E-state index contributed by atoms with van der Waals surface area (Å²) < 4.78 is 6.15. The van der Waals surface area contributed by atoms with Gasteiger partial charge in [0.15, 0.2) is 0 Å². The SMILES string of the molecule is Cc1ccc(C)c(NC(=O)CN2C(=O)S/C(=C/c3c(OCc4ccccc4)ccc4ccccc34)C2=O)c1. The number of anilines is 1. The molecule has 3 amide bonds. The Hall–Kier alpha value is -4.36. The second-order valence-electron chi connectivity index (χ2n) is 9.11. The first-order valence-electron chi connectivity index (χ1n) is 12.2. The van der Waals surface area contributed by atoms with Crippen molar-refractivity contribution in [1.29, 1.82) is 0 Å². The van der Waals surface area contributed by atoms with Gasteiger partial charge in [-0.25, -0.2) is 0 Å². The summed E-state index contributed by atoms with van der Waals surface area (Å²) in [5, 5.41) is 4.22. The molecule has 1 saturated heterocycles. The smallest absolute Gasteiger partial charge is 0.294 e. The molecule has 4 aromatic carbocycles. The van der Waals surface area contributed by atoms with E-state index < -0.39 is 17.1 Å². The fourth-order valence-corrected chi connectivity index (χ4v) is 5.08. The van der Waals surface area contributed by atoms with E-state index in [1.807, 2.05) is 98.8 Å². The molecule has 7 heteroatoms. The molecule has 6 nitrogen and oxygen atoms in total. The molecule has 0 atom stereocenters. The fraction of sp³-hybridized carbons (Fsp3) is 0.129. The van der Waals surface area contributed by atoms with Gasteiger partial charge < -0.3 is 10.1 Å². The maximum absolute atomic E-state index is 13.3. The molecule has 0 aromatic heterocycles. The number of hydrogen-bond acceptors (Lipinski definition) is 5. The topological polar surface area (TPSA) is 75.7 Å². The Morgan fingerprint density at radius 3 is 2.53 bits per heavy atom. The van der Waals surface area contributed by atoms with Gasteiger partial charge in [-0.3, -0.25) is 19.3 Å². The van der Waals surface area contributed by atoms with Crippen molar-refractivity contribution in [2.75, 3.05) is 11.9 Å². The van der Waals surface area contributed by atoms with Crippen molar-refractivity contribution in [1.82, 2.24) is 4.90 Å². The van der Waals surface area contributed by atoms with Crippen LogP contribution in [-0.2, 0) is 16.2 Å². The van der Waals surface area contributed by atoms with E-state index in [0.29, 0.717) is 23.6 Å². The lowest BCUT2D eigenvalue weighted by Crippen LogP contribution is -2.36. The average molecular weight is 523 g/mol. The standard InChI is InChI=1S/C31H26N2O4S/c1-20-12-13-21(2)26(16-20)32-29(34)18-33-30(35)28(38-31(33)36)17-25-24-11-7-6-10-23(24)14-15-27(25)37-19-22-8-4-3-5-9-22/h3-17H,18-19H2,1-2H3,(H,32,34)/b28-17+. The highest BCUT2D eigenvalue weighted by Crippen LogP contribution is 2.37. The van der Waals surface area contributed by atoms with E-state index >= 15 is 0 Å². The number of ether oxygens (including phenoxy) is 1. The van der Waals surface area contributed by atoms with Crippen LogP contribution >= 0.6 is 11.8 Å². The Labute approximate surface area is 225 Å². The molecule has 0 bridgehead atoms. The molecule has 4 aromatic rings. The molecule has 0 aliphatic carbocycles. The molecule has 0 spiro atoms. The molecule has 1 fully saturated rings. The van der Waals surface area contributed by atoms with Crippen LogP contribution in [0.3, 0.4) is 0 Å². The molecule has 0 saturated carbocycles. The number of aryl methyl sites for hydroxylation is 2. The minimum atomic E-state index is -0.502. The van der Waals surface area contributed by atoms with Crippen LogP contribution in [0.4, 0.5) is 10.5 Å². The van der Waals surface area contributed by atoms with Crippen molar-refractivity contribution >= 4 is 51.4 Å². The van der Waals surface area contributed by atoms with E-state index in [2.05, 4.69) is 5.32 Å². The van der Waals surface area contributed by atoms with Crippen molar-refractivity contribution in [2.24, 2.45) is 0 Å². The van der Waals surface area contributed by atoms with Crippen LogP contribution < -0.4 is 10.1 Å². The highest BCUT2D eigenvalue weighted by atomic mass is 32.2. The van der Waals surface area contributed by atoms with Crippen LogP contribution in [0, 0.1) is 13.8 Å². The van der Waals surface area contributed by atoms with Gasteiger partial charge in [-0.1, -0.05) is 72.8 Å². The summed E-state index contributed by atoms with van der Waals surface area (Å²) in [5.41, 5.74) is 4.29. The van der Waals surface area contributed by atoms with Crippen molar-refractivity contribution < 1.29 is 19.1 Å². The van der Waals surface area contributed by atoms with Gasteiger partial charge in [-0.05, 0) is 71.3 Å². The van der Waals surface area contributed by atoms with E-state index in [-0.39, 0.29) is 11.4 Å². The zero-order chi connectivity index (χ0) is 26.6. The zero-order valence-corrected chi connectivity index (χ0v) is 21.9. The monoisotopic (exact) mass is 522 g/mol. The summed E-state index contributed by atoms with van der Waals surface area (Å²) in [5.74, 6) is -0.329. The first-order valence-corrected chi connectivity index (χ1v) is 13.0. The van der Waals surface area contributed by atoms with Gasteiger partial charge in [0.1, 0.15) is 18.9 Å². The number of benzene rings is 4. The summed E-state index contributed by atoms with van der Waals surface area (Å²) >= 11 is 0.825. The Kier molecular flexibility index (Phi) is 7.29. The third-order valence-electron chi connectivity index (χ3n) is 6.29. The minimum absolute atomic E-state index is 0.246. The molecule has 1 N–H and O–H groups in total. The number of nitrogens with zero attached hydrogens (tertiary/aromatic N) is 1. The fourth-order valence-electron chi connectivity index (χ4n) is 4.26. The number of carbonyl (C=O) groups excluding carboxylic acids is 3. The lowest BCUT2D eigenvalue weighted by atomic mass is 10.0. The number of carbonyl (C=O) groups is 3. The molecule has 190 valence electrons. The Balaban J connectivity index is 1.40. The molecular weight excluding hydrogens is 496 g/mol. The molecule has 0 radical (unpaired) electrons. The number of rotatable bonds is 7. The van der Waals surface area contributed by atoms with E-state index in [0.717, 1.165) is 44.1 Å². The minimum Gasteiger partial charge on any atom is -0.488 e. The van der Waals surface area contributed by atoms with Crippen LogP contribution in [0.15, 0.2) is 89.8 Å². The maximum atomic E-state index is 13.3. The third kappa shape index (κ3) is 5.48. The van der Waals surface area contributed by atoms with Crippen LogP contribution in [0.5, 0.6) is 5.75 Å².